The molecule has 124 valence electrons. The van der Waals surface area contributed by atoms with Crippen LogP contribution in [0.15, 0.2) is 0 Å². The number of hydrogen-bond acceptors (Lipinski definition) is 0. The van der Waals surface area contributed by atoms with E-state index >= 15 is 0 Å². The topological polar surface area (TPSA) is 0 Å². The molecule has 0 rings (SSSR count). The second kappa shape index (κ2) is 198. The summed E-state index contributed by atoms with van der Waals surface area (Å²) >= 11 is 0. The molecule has 0 heterocycles. The zero-order chi connectivity index (χ0) is 0. The van der Waals surface area contributed by atoms with Crippen molar-refractivity contribution in [3.63, 3.8) is 0 Å². The van der Waals surface area contributed by atoms with Gasteiger partial charge in [-0.25, -0.2) is 0 Å². The molecule has 0 aliphatic heterocycles. The standard InChI is InChI=1S/27Ca.2ClH.54H/h;;;;;;;;;;;;;;;;;;;;;;;;;;;2*1H;;;;;;;;;;;;;;;;;;;;;;;;;;;;;;;;;;;;;;;;;;;;;;;;;;;;;;. The fourth-order valence-corrected chi connectivity index (χ4v) is 0. The summed E-state index contributed by atoms with van der Waals surface area (Å²) in [6, 6.07) is 0. The second-order valence-electron chi connectivity index (χ2n) is 0. The molecule has 0 amide bonds. The molecule has 0 saturated heterocycles. The van der Waals surface area contributed by atoms with Gasteiger partial charge >= 0.3 is 1020 Å². The molecule has 0 fully saturated rings. The second-order valence-corrected chi connectivity index (χ2v) is 0. The molecule has 0 aromatic carbocycles. The van der Waals surface area contributed by atoms with Gasteiger partial charge < -0.3 is 0 Å². The van der Waals surface area contributed by atoms with Crippen LogP contribution in [0, 0.1) is 0 Å². The van der Waals surface area contributed by atoms with E-state index in [0.29, 0.717) is 0 Å². The van der Waals surface area contributed by atoms with E-state index in [-0.39, 0.29) is 1040 Å². The molecule has 0 radical (unpaired) electrons. The van der Waals surface area contributed by atoms with Crippen molar-refractivity contribution >= 4 is 1040 Å². The predicted molar refractivity (Wildman–Crippen MR) is 245 cm³/mol. The van der Waals surface area contributed by atoms with Crippen LogP contribution in [-0.4, -0.2) is 1020 Å². The molecule has 0 spiro atoms. The molecule has 0 nitrogen and oxygen atoms in total. The van der Waals surface area contributed by atoms with Crippen molar-refractivity contribution in [3.8, 4) is 0 Å². The van der Waals surface area contributed by atoms with Crippen LogP contribution in [-0.2, 0) is 0 Å². The average molecular weight is 1210 g/mol. The van der Waals surface area contributed by atoms with Crippen LogP contribution in [0.2, 0.25) is 0 Å². The molecule has 0 aromatic rings. The Morgan fingerprint density at radius 3 is 0.0690 bits per heavy atom. The summed E-state index contributed by atoms with van der Waals surface area (Å²) < 4.78 is 0. The van der Waals surface area contributed by atoms with Crippen LogP contribution in [0.4, 0.5) is 0 Å². The van der Waals surface area contributed by atoms with Gasteiger partial charge in [-0.15, -0.1) is 24.8 Å². The van der Waals surface area contributed by atoms with Crippen LogP contribution in [0.25, 0.3) is 0 Å². The zero-order valence-electron chi connectivity index (χ0n) is 0.816. The molecule has 0 aliphatic carbocycles. The van der Waals surface area contributed by atoms with Gasteiger partial charge in [-0.2, -0.15) is 0 Å². The van der Waals surface area contributed by atoms with Crippen molar-refractivity contribution in [2.45, 2.75) is 0 Å². The van der Waals surface area contributed by atoms with Gasteiger partial charge in [-0.1, -0.05) is 0 Å². The van der Waals surface area contributed by atoms with Crippen molar-refractivity contribution in [1.82, 2.24) is 0 Å². The number of hydrogen-bond donors (Lipinski definition) is 0. The van der Waals surface area contributed by atoms with Crippen molar-refractivity contribution in [1.29, 1.82) is 0 Å². The molecule has 0 aromatic heterocycles. The molecule has 0 unspecified atom stereocenters. The fraction of sp³-hybridized carbons (Fsp3) is 0. The molecular weight excluding hydrogens is 1150 g/mol. The summed E-state index contributed by atoms with van der Waals surface area (Å²) in [5.41, 5.74) is 0. The summed E-state index contributed by atoms with van der Waals surface area (Å²) in [6.07, 6.45) is 0. The summed E-state index contributed by atoms with van der Waals surface area (Å²) in [6.45, 7) is 0. The van der Waals surface area contributed by atoms with E-state index in [1.807, 2.05) is 0 Å². The van der Waals surface area contributed by atoms with Gasteiger partial charge in [0.2, 0.25) is 0 Å². The maximum absolute atomic E-state index is 0. The Bertz CT molecular complexity index is 10.5. The first-order valence-electron chi connectivity index (χ1n) is 0. The Kier molecular flexibility index (Phi) is 1420. The van der Waals surface area contributed by atoms with E-state index in [1.165, 1.54) is 0 Å². The molecule has 0 N–H and O–H groups in total. The molecular formula is H56Ca27Cl2. The van der Waals surface area contributed by atoms with Crippen molar-refractivity contribution in [3.05, 3.63) is 0 Å². The van der Waals surface area contributed by atoms with Crippen LogP contribution in [0.3, 0.4) is 0 Å². The Morgan fingerprint density at radius 1 is 0.0690 bits per heavy atom. The SMILES string of the molecule is Cl.Cl.[CaH2].[CaH2].[CaH2].[CaH2].[CaH2].[CaH2].[CaH2].[CaH2].[CaH2].[CaH2].[CaH2].[CaH2].[CaH2].[CaH2].[CaH2].[CaH2].[CaH2].[CaH2].[CaH2].[CaH2].[CaH2].[CaH2].[CaH2].[CaH2].[CaH2].[CaH2].[CaH2]. The predicted octanol–water partition coefficient (Wildman–Crippen LogP) is -23.9. The van der Waals surface area contributed by atoms with Crippen molar-refractivity contribution < 1.29 is 0 Å². The zero-order valence-corrected chi connectivity index (χ0v) is 2.45. The summed E-state index contributed by atoms with van der Waals surface area (Å²) in [4.78, 5) is 0. The Hall–Kier alpha value is 34.6. The molecule has 0 bridgehead atoms. The molecule has 0 atom stereocenters. The summed E-state index contributed by atoms with van der Waals surface area (Å²) in [5, 5.41) is 0. The van der Waals surface area contributed by atoms with E-state index < -0.39 is 0 Å². The monoisotopic (exact) mass is 1210 g/mol. The molecule has 0 saturated carbocycles. The van der Waals surface area contributed by atoms with E-state index in [4.69, 9.17) is 0 Å². The van der Waals surface area contributed by atoms with Crippen LogP contribution in [0.1, 0.15) is 0 Å². The number of rotatable bonds is 0. The van der Waals surface area contributed by atoms with Gasteiger partial charge in [0.05, 0.1) is 0 Å². The third kappa shape index (κ3) is 192. The van der Waals surface area contributed by atoms with Gasteiger partial charge in [-0.05, 0) is 0 Å². The normalized spacial score (nSPS) is 0. The molecule has 29 heteroatoms. The molecule has 0 aliphatic rings. The maximum atomic E-state index is 0. The minimum atomic E-state index is 0. The first kappa shape index (κ1) is 208. The van der Waals surface area contributed by atoms with E-state index in [2.05, 4.69) is 0 Å². The third-order valence-corrected chi connectivity index (χ3v) is 0. The van der Waals surface area contributed by atoms with E-state index in [0.717, 1.165) is 0 Å². The quantitative estimate of drug-likeness (QED) is 0.212. The van der Waals surface area contributed by atoms with Crippen LogP contribution >= 0.6 is 24.8 Å². The Morgan fingerprint density at radius 2 is 0.0690 bits per heavy atom. The van der Waals surface area contributed by atoms with Crippen LogP contribution < -0.4 is 0 Å². The van der Waals surface area contributed by atoms with E-state index in [1.54, 1.807) is 0 Å². The summed E-state index contributed by atoms with van der Waals surface area (Å²) in [7, 11) is 0. The van der Waals surface area contributed by atoms with Crippen LogP contribution in [0.5, 0.6) is 0 Å². The van der Waals surface area contributed by atoms with Gasteiger partial charge in [0.1, 0.15) is 0 Å². The van der Waals surface area contributed by atoms with Gasteiger partial charge in [-0.3, -0.25) is 0 Å². The fourth-order valence-electron chi connectivity index (χ4n) is 0. The van der Waals surface area contributed by atoms with Gasteiger partial charge in [0, 0.05) is 0 Å². The average Bonchev–Trinajstić information content (AvgIpc) is 0. The van der Waals surface area contributed by atoms with Gasteiger partial charge in [0.25, 0.3) is 0 Å². The first-order valence-corrected chi connectivity index (χ1v) is 0. The Labute approximate surface area is 1000 Å². The van der Waals surface area contributed by atoms with E-state index in [9.17, 15) is 0 Å². The first-order chi connectivity index (χ1) is 0. The molecule has 29 heavy (non-hydrogen) atoms. The minimum absolute atomic E-state index is 0. The number of halogens is 2. The van der Waals surface area contributed by atoms with Crippen molar-refractivity contribution in [2.75, 3.05) is 0 Å². The third-order valence-electron chi connectivity index (χ3n) is 0. The van der Waals surface area contributed by atoms with Crippen molar-refractivity contribution in [2.24, 2.45) is 0 Å². The summed E-state index contributed by atoms with van der Waals surface area (Å²) in [5.74, 6) is 0. The van der Waals surface area contributed by atoms with Gasteiger partial charge in [0.15, 0.2) is 0 Å². The Balaban J connectivity index is 0.